The lowest BCUT2D eigenvalue weighted by molar-refractivity contribution is -0.119. The molecule has 0 bridgehead atoms. The standard InChI is InChI=1S/C10H19ClN2O2/c1-9(14)12-10-2-4-13(8-10)5-7-15-6-3-11/h10H,2-8H2,1H3,(H,12,14). The predicted octanol–water partition coefficient (Wildman–Crippen LogP) is 0.452. The lowest BCUT2D eigenvalue weighted by Crippen LogP contribution is -2.36. The van der Waals surface area contributed by atoms with Crippen molar-refractivity contribution in [2.45, 2.75) is 19.4 Å². The maximum Gasteiger partial charge on any atom is 0.217 e. The molecule has 0 aromatic heterocycles. The Kier molecular flexibility index (Phi) is 5.98. The van der Waals surface area contributed by atoms with Crippen LogP contribution in [0.5, 0.6) is 0 Å². The van der Waals surface area contributed by atoms with E-state index < -0.39 is 0 Å². The second kappa shape index (κ2) is 7.04. The monoisotopic (exact) mass is 234 g/mol. The summed E-state index contributed by atoms with van der Waals surface area (Å²) in [5, 5.41) is 2.93. The zero-order chi connectivity index (χ0) is 11.1. The molecule has 1 amide bonds. The van der Waals surface area contributed by atoms with Gasteiger partial charge in [-0.3, -0.25) is 9.69 Å². The number of amides is 1. The minimum absolute atomic E-state index is 0.0558. The quantitative estimate of drug-likeness (QED) is 0.536. The zero-order valence-electron chi connectivity index (χ0n) is 9.17. The Morgan fingerprint density at radius 2 is 2.40 bits per heavy atom. The molecule has 1 fully saturated rings. The van der Waals surface area contributed by atoms with Crippen LogP contribution >= 0.6 is 11.6 Å². The van der Waals surface area contributed by atoms with Crippen LogP contribution < -0.4 is 5.32 Å². The molecule has 0 aromatic rings. The minimum Gasteiger partial charge on any atom is -0.379 e. The van der Waals surface area contributed by atoms with Crippen LogP contribution in [-0.2, 0) is 9.53 Å². The number of carbonyl (C=O) groups excluding carboxylic acids is 1. The smallest absolute Gasteiger partial charge is 0.217 e. The van der Waals surface area contributed by atoms with E-state index in [0.717, 1.165) is 32.7 Å². The van der Waals surface area contributed by atoms with Gasteiger partial charge in [-0.15, -0.1) is 11.6 Å². The fourth-order valence-electron chi connectivity index (χ4n) is 1.79. The molecule has 0 radical (unpaired) electrons. The summed E-state index contributed by atoms with van der Waals surface area (Å²) in [7, 11) is 0. The Morgan fingerprint density at radius 1 is 1.60 bits per heavy atom. The first-order valence-electron chi connectivity index (χ1n) is 5.35. The van der Waals surface area contributed by atoms with E-state index in [9.17, 15) is 4.79 Å². The van der Waals surface area contributed by atoms with Crippen LogP contribution in [0.3, 0.4) is 0 Å². The lowest BCUT2D eigenvalue weighted by atomic mass is 10.3. The molecule has 0 aromatic carbocycles. The van der Waals surface area contributed by atoms with Crippen molar-refractivity contribution in [1.29, 1.82) is 0 Å². The maximum absolute atomic E-state index is 10.8. The largest absolute Gasteiger partial charge is 0.379 e. The second-order valence-electron chi connectivity index (χ2n) is 3.79. The molecule has 88 valence electrons. The van der Waals surface area contributed by atoms with Crippen molar-refractivity contribution in [3.63, 3.8) is 0 Å². The van der Waals surface area contributed by atoms with Gasteiger partial charge in [-0.05, 0) is 6.42 Å². The van der Waals surface area contributed by atoms with Crippen molar-refractivity contribution in [1.82, 2.24) is 10.2 Å². The van der Waals surface area contributed by atoms with Crippen LogP contribution in [0, 0.1) is 0 Å². The fraction of sp³-hybridized carbons (Fsp3) is 0.900. The van der Waals surface area contributed by atoms with Gasteiger partial charge in [0.2, 0.25) is 5.91 Å². The molecule has 0 saturated carbocycles. The third-order valence-electron chi connectivity index (χ3n) is 2.45. The molecule has 4 nitrogen and oxygen atoms in total. The normalized spacial score (nSPS) is 21.9. The van der Waals surface area contributed by atoms with E-state index >= 15 is 0 Å². The summed E-state index contributed by atoms with van der Waals surface area (Å²) < 4.78 is 5.30. The van der Waals surface area contributed by atoms with Gasteiger partial charge in [0.1, 0.15) is 0 Å². The van der Waals surface area contributed by atoms with E-state index in [1.54, 1.807) is 6.92 Å². The molecule has 1 rings (SSSR count). The average molecular weight is 235 g/mol. The van der Waals surface area contributed by atoms with Crippen LogP contribution in [-0.4, -0.2) is 55.6 Å². The molecule has 1 heterocycles. The van der Waals surface area contributed by atoms with Gasteiger partial charge in [0.05, 0.1) is 13.2 Å². The van der Waals surface area contributed by atoms with Crippen molar-refractivity contribution >= 4 is 17.5 Å². The Labute approximate surface area is 95.9 Å². The maximum atomic E-state index is 10.8. The lowest BCUT2D eigenvalue weighted by Gasteiger charge is -2.15. The summed E-state index contributed by atoms with van der Waals surface area (Å²) >= 11 is 5.49. The van der Waals surface area contributed by atoms with E-state index in [2.05, 4.69) is 10.2 Å². The summed E-state index contributed by atoms with van der Waals surface area (Å²) in [6, 6.07) is 0.315. The Balaban J connectivity index is 2.05. The molecule has 1 unspecified atom stereocenters. The number of hydrogen-bond acceptors (Lipinski definition) is 3. The third kappa shape index (κ3) is 5.35. The van der Waals surface area contributed by atoms with Crippen molar-refractivity contribution < 1.29 is 9.53 Å². The molecule has 5 heteroatoms. The summed E-state index contributed by atoms with van der Waals surface area (Å²) in [5.74, 6) is 0.606. The molecular weight excluding hydrogens is 216 g/mol. The van der Waals surface area contributed by atoms with Gasteiger partial charge in [-0.2, -0.15) is 0 Å². The Morgan fingerprint density at radius 3 is 3.07 bits per heavy atom. The minimum atomic E-state index is 0.0558. The Bertz CT molecular complexity index is 202. The highest BCUT2D eigenvalue weighted by atomic mass is 35.5. The summed E-state index contributed by atoms with van der Waals surface area (Å²) in [5.41, 5.74) is 0. The van der Waals surface area contributed by atoms with E-state index in [1.807, 2.05) is 0 Å². The number of rotatable bonds is 6. The Hall–Kier alpha value is -0.320. The highest BCUT2D eigenvalue weighted by molar-refractivity contribution is 6.17. The molecule has 15 heavy (non-hydrogen) atoms. The van der Waals surface area contributed by atoms with Crippen LogP contribution in [0.1, 0.15) is 13.3 Å². The van der Waals surface area contributed by atoms with Crippen molar-refractivity contribution in [3.8, 4) is 0 Å². The first-order chi connectivity index (χ1) is 7.22. The van der Waals surface area contributed by atoms with Crippen LogP contribution in [0.25, 0.3) is 0 Å². The van der Waals surface area contributed by atoms with E-state index in [-0.39, 0.29) is 5.91 Å². The van der Waals surface area contributed by atoms with E-state index in [0.29, 0.717) is 18.5 Å². The molecule has 1 aliphatic rings. The number of nitrogens with one attached hydrogen (secondary N) is 1. The van der Waals surface area contributed by atoms with Crippen LogP contribution in [0.15, 0.2) is 0 Å². The zero-order valence-corrected chi connectivity index (χ0v) is 9.92. The first-order valence-corrected chi connectivity index (χ1v) is 5.89. The van der Waals surface area contributed by atoms with Crippen molar-refractivity contribution in [3.05, 3.63) is 0 Å². The third-order valence-corrected chi connectivity index (χ3v) is 2.61. The molecule has 1 atom stereocenters. The van der Waals surface area contributed by atoms with Gasteiger partial charge in [-0.1, -0.05) is 0 Å². The molecular formula is C10H19ClN2O2. The van der Waals surface area contributed by atoms with Gasteiger partial charge in [0, 0.05) is 38.5 Å². The molecule has 1 aliphatic heterocycles. The summed E-state index contributed by atoms with van der Waals surface area (Å²) in [4.78, 5) is 13.1. The summed E-state index contributed by atoms with van der Waals surface area (Å²) in [6.07, 6.45) is 1.04. The molecule has 0 spiro atoms. The SMILES string of the molecule is CC(=O)NC1CCN(CCOCCCl)C1. The predicted molar refractivity (Wildman–Crippen MR) is 60.2 cm³/mol. The van der Waals surface area contributed by atoms with Gasteiger partial charge >= 0.3 is 0 Å². The second-order valence-corrected chi connectivity index (χ2v) is 4.17. The van der Waals surface area contributed by atoms with Gasteiger partial charge < -0.3 is 10.1 Å². The van der Waals surface area contributed by atoms with Gasteiger partial charge in [-0.25, -0.2) is 0 Å². The van der Waals surface area contributed by atoms with Crippen molar-refractivity contribution in [2.75, 3.05) is 38.7 Å². The van der Waals surface area contributed by atoms with Crippen LogP contribution in [0.4, 0.5) is 0 Å². The average Bonchev–Trinajstić information content (AvgIpc) is 2.59. The number of halogens is 1. The van der Waals surface area contributed by atoms with Gasteiger partial charge in [0.25, 0.3) is 0 Å². The van der Waals surface area contributed by atoms with E-state index in [4.69, 9.17) is 16.3 Å². The van der Waals surface area contributed by atoms with E-state index in [1.165, 1.54) is 0 Å². The molecule has 1 saturated heterocycles. The summed E-state index contributed by atoms with van der Waals surface area (Å²) in [6.45, 7) is 5.79. The number of carbonyl (C=O) groups is 1. The molecule has 1 N–H and O–H groups in total. The van der Waals surface area contributed by atoms with Gasteiger partial charge in [0.15, 0.2) is 0 Å². The number of likely N-dealkylation sites (tertiary alicyclic amines) is 1. The molecule has 0 aliphatic carbocycles. The van der Waals surface area contributed by atoms with Crippen LogP contribution in [0.2, 0.25) is 0 Å². The van der Waals surface area contributed by atoms with Crippen molar-refractivity contribution in [2.24, 2.45) is 0 Å². The number of nitrogens with zero attached hydrogens (tertiary/aromatic N) is 1. The number of ether oxygens (including phenoxy) is 1. The number of hydrogen-bond donors (Lipinski definition) is 1. The fourth-order valence-corrected chi connectivity index (χ4v) is 1.90. The first kappa shape index (κ1) is 12.7. The highest BCUT2D eigenvalue weighted by Crippen LogP contribution is 2.08. The number of alkyl halides is 1. The topological polar surface area (TPSA) is 41.6 Å². The highest BCUT2D eigenvalue weighted by Gasteiger charge is 2.22.